The monoisotopic (exact) mass is 274 g/mol. The molecule has 3 nitrogen and oxygen atoms in total. The molecule has 3 heteroatoms. The summed E-state index contributed by atoms with van der Waals surface area (Å²) in [6, 6.07) is 10.7. The molecule has 2 unspecified atom stereocenters. The first-order valence-corrected chi connectivity index (χ1v) is 7.87. The van der Waals surface area contributed by atoms with Gasteiger partial charge in [-0.15, -0.1) is 0 Å². The van der Waals surface area contributed by atoms with Crippen molar-refractivity contribution in [3.05, 3.63) is 35.9 Å². The van der Waals surface area contributed by atoms with Crippen molar-refractivity contribution in [3.8, 4) is 0 Å². The van der Waals surface area contributed by atoms with Crippen LogP contribution in [-0.4, -0.2) is 24.5 Å². The van der Waals surface area contributed by atoms with Gasteiger partial charge in [-0.05, 0) is 37.8 Å². The van der Waals surface area contributed by atoms with E-state index >= 15 is 0 Å². The highest BCUT2D eigenvalue weighted by Crippen LogP contribution is 2.10. The van der Waals surface area contributed by atoms with Crippen LogP contribution < -0.4 is 10.6 Å². The molecule has 1 saturated heterocycles. The number of amides is 1. The van der Waals surface area contributed by atoms with E-state index in [0.717, 1.165) is 38.6 Å². The molecule has 20 heavy (non-hydrogen) atoms. The lowest BCUT2D eigenvalue weighted by Gasteiger charge is -2.26. The summed E-state index contributed by atoms with van der Waals surface area (Å²) in [6.07, 6.45) is 6.36. The Hall–Kier alpha value is -1.35. The molecule has 1 aliphatic heterocycles. The Kier molecular flexibility index (Phi) is 6.06. The third kappa shape index (κ3) is 4.64. The van der Waals surface area contributed by atoms with E-state index in [4.69, 9.17) is 0 Å². The van der Waals surface area contributed by atoms with Crippen molar-refractivity contribution in [1.29, 1.82) is 0 Å². The molecule has 1 fully saturated rings. The molecule has 2 atom stereocenters. The summed E-state index contributed by atoms with van der Waals surface area (Å²) < 4.78 is 0. The first-order valence-electron chi connectivity index (χ1n) is 7.87. The van der Waals surface area contributed by atoms with Gasteiger partial charge < -0.3 is 10.6 Å². The van der Waals surface area contributed by atoms with Crippen molar-refractivity contribution in [3.63, 3.8) is 0 Å². The molecule has 1 amide bonds. The highest BCUT2D eigenvalue weighted by atomic mass is 16.2. The van der Waals surface area contributed by atoms with Gasteiger partial charge in [-0.2, -0.15) is 0 Å². The van der Waals surface area contributed by atoms with Crippen LogP contribution >= 0.6 is 0 Å². The molecule has 1 heterocycles. The molecule has 0 aliphatic carbocycles. The summed E-state index contributed by atoms with van der Waals surface area (Å²) in [6.45, 7) is 3.14. The average molecular weight is 274 g/mol. The minimum Gasteiger partial charge on any atom is -0.352 e. The van der Waals surface area contributed by atoms with Gasteiger partial charge >= 0.3 is 0 Å². The maximum atomic E-state index is 12.3. The first kappa shape index (κ1) is 15.0. The van der Waals surface area contributed by atoms with Crippen LogP contribution in [0.1, 0.15) is 44.6 Å². The van der Waals surface area contributed by atoms with Gasteiger partial charge in [-0.3, -0.25) is 4.79 Å². The van der Waals surface area contributed by atoms with Gasteiger partial charge in [-0.25, -0.2) is 0 Å². The van der Waals surface area contributed by atoms with Gasteiger partial charge in [-0.1, -0.05) is 50.1 Å². The predicted molar refractivity (Wildman–Crippen MR) is 82.6 cm³/mol. The van der Waals surface area contributed by atoms with Crippen molar-refractivity contribution >= 4 is 5.91 Å². The number of piperidine rings is 1. The second kappa shape index (κ2) is 8.05. The third-order valence-electron chi connectivity index (χ3n) is 3.94. The third-order valence-corrected chi connectivity index (χ3v) is 3.94. The molecular formula is C17H26N2O. The number of hydrogen-bond acceptors (Lipinski definition) is 2. The van der Waals surface area contributed by atoms with Crippen LogP contribution in [0.15, 0.2) is 30.3 Å². The second-order valence-electron chi connectivity index (χ2n) is 5.69. The molecule has 0 radical (unpaired) electrons. The first-order chi connectivity index (χ1) is 9.79. The molecule has 0 bridgehead atoms. The second-order valence-corrected chi connectivity index (χ2v) is 5.69. The zero-order chi connectivity index (χ0) is 14.2. The number of carbonyl (C=O) groups is 1. The Morgan fingerprint density at radius 1 is 1.35 bits per heavy atom. The van der Waals surface area contributed by atoms with Crippen LogP contribution in [-0.2, 0) is 11.2 Å². The number of carbonyl (C=O) groups excluding carboxylic acids is 1. The summed E-state index contributed by atoms with van der Waals surface area (Å²) in [5.41, 5.74) is 1.29. The van der Waals surface area contributed by atoms with Gasteiger partial charge in [0, 0.05) is 6.04 Å². The van der Waals surface area contributed by atoms with Crippen molar-refractivity contribution < 1.29 is 4.79 Å². The Morgan fingerprint density at radius 3 is 2.80 bits per heavy atom. The summed E-state index contributed by atoms with van der Waals surface area (Å²) in [5.74, 6) is 0.180. The number of hydrogen-bond donors (Lipinski definition) is 2. The summed E-state index contributed by atoms with van der Waals surface area (Å²) in [4.78, 5) is 12.3. The topological polar surface area (TPSA) is 41.1 Å². The van der Waals surface area contributed by atoms with Crippen LogP contribution in [0.2, 0.25) is 0 Å². The zero-order valence-electron chi connectivity index (χ0n) is 12.4. The fraction of sp³-hybridized carbons (Fsp3) is 0.588. The fourth-order valence-corrected chi connectivity index (χ4v) is 2.85. The van der Waals surface area contributed by atoms with E-state index in [2.05, 4.69) is 41.8 Å². The number of nitrogens with one attached hydrogen (secondary N) is 2. The quantitative estimate of drug-likeness (QED) is 0.837. The molecule has 110 valence electrons. The smallest absolute Gasteiger partial charge is 0.237 e. The SMILES string of the molecule is CCCC(Cc1ccccc1)NC(=O)C1CCCCN1. The highest BCUT2D eigenvalue weighted by Gasteiger charge is 2.22. The molecule has 0 saturated carbocycles. The van der Waals surface area contributed by atoms with E-state index in [9.17, 15) is 4.79 Å². The van der Waals surface area contributed by atoms with Gasteiger partial charge in [0.15, 0.2) is 0 Å². The number of benzene rings is 1. The van der Waals surface area contributed by atoms with Gasteiger partial charge in [0.05, 0.1) is 6.04 Å². The summed E-state index contributed by atoms with van der Waals surface area (Å²) in [7, 11) is 0. The van der Waals surface area contributed by atoms with E-state index in [1.165, 1.54) is 12.0 Å². The van der Waals surface area contributed by atoms with Crippen molar-refractivity contribution in [2.75, 3.05) is 6.54 Å². The largest absolute Gasteiger partial charge is 0.352 e. The van der Waals surface area contributed by atoms with E-state index < -0.39 is 0 Å². The van der Waals surface area contributed by atoms with Crippen LogP contribution in [0.25, 0.3) is 0 Å². The normalized spacial score (nSPS) is 20.4. The van der Waals surface area contributed by atoms with Crippen molar-refractivity contribution in [2.24, 2.45) is 0 Å². The highest BCUT2D eigenvalue weighted by molar-refractivity contribution is 5.82. The lowest BCUT2D eigenvalue weighted by molar-refractivity contribution is -0.124. The maximum absolute atomic E-state index is 12.3. The molecule has 0 aromatic heterocycles. The predicted octanol–water partition coefficient (Wildman–Crippen LogP) is 2.66. The van der Waals surface area contributed by atoms with E-state index in [0.29, 0.717) is 0 Å². The van der Waals surface area contributed by atoms with Crippen molar-refractivity contribution in [2.45, 2.75) is 57.5 Å². The molecule has 1 aromatic rings. The lowest BCUT2D eigenvalue weighted by atomic mass is 10.00. The summed E-state index contributed by atoms with van der Waals surface area (Å²) >= 11 is 0. The molecule has 2 rings (SSSR count). The van der Waals surface area contributed by atoms with Crippen LogP contribution in [0.5, 0.6) is 0 Å². The molecule has 0 spiro atoms. The van der Waals surface area contributed by atoms with E-state index in [1.807, 2.05) is 6.07 Å². The number of rotatable bonds is 6. The Balaban J connectivity index is 1.89. The van der Waals surface area contributed by atoms with Crippen LogP contribution in [0, 0.1) is 0 Å². The molecular weight excluding hydrogens is 248 g/mol. The van der Waals surface area contributed by atoms with E-state index in [1.54, 1.807) is 0 Å². The van der Waals surface area contributed by atoms with Gasteiger partial charge in [0.25, 0.3) is 0 Å². The van der Waals surface area contributed by atoms with Gasteiger partial charge in [0.2, 0.25) is 5.91 Å². The Labute approximate surface area is 122 Å². The minimum atomic E-state index is 0.0129. The van der Waals surface area contributed by atoms with Crippen LogP contribution in [0.3, 0.4) is 0 Å². The van der Waals surface area contributed by atoms with E-state index in [-0.39, 0.29) is 18.0 Å². The standard InChI is InChI=1S/C17H26N2O/c1-2-8-15(13-14-9-4-3-5-10-14)19-17(20)16-11-6-7-12-18-16/h3-5,9-10,15-16,18H,2,6-8,11-13H2,1H3,(H,19,20). The zero-order valence-corrected chi connectivity index (χ0v) is 12.4. The van der Waals surface area contributed by atoms with Crippen molar-refractivity contribution in [1.82, 2.24) is 10.6 Å². The fourth-order valence-electron chi connectivity index (χ4n) is 2.85. The van der Waals surface area contributed by atoms with Crippen LogP contribution in [0.4, 0.5) is 0 Å². The summed E-state index contributed by atoms with van der Waals surface area (Å²) in [5, 5.41) is 6.55. The van der Waals surface area contributed by atoms with Gasteiger partial charge in [0.1, 0.15) is 0 Å². The maximum Gasteiger partial charge on any atom is 0.237 e. The molecule has 1 aromatic carbocycles. The molecule has 1 aliphatic rings. The Morgan fingerprint density at radius 2 is 2.15 bits per heavy atom. The minimum absolute atomic E-state index is 0.0129. The molecule has 2 N–H and O–H groups in total. The Bertz CT molecular complexity index is 399. The average Bonchev–Trinajstić information content (AvgIpc) is 2.49. The lowest BCUT2D eigenvalue weighted by Crippen LogP contribution is -2.50.